The molecule has 0 aromatic rings. The molecule has 1 fully saturated rings. The standard InChI is InChI=1S/C12H23N3O2/c1-9(2)13-7-10(3)8-15-6-5-14(4)11(16)12(15)17/h9-10,13H,5-8H2,1-4H3. The Bertz CT molecular complexity index is 291. The smallest absolute Gasteiger partial charge is 0.312 e. The molecule has 1 atom stereocenters. The van der Waals surface area contributed by atoms with Crippen molar-refractivity contribution < 1.29 is 9.59 Å². The fourth-order valence-corrected chi connectivity index (χ4v) is 1.82. The van der Waals surface area contributed by atoms with Crippen molar-refractivity contribution in [1.82, 2.24) is 15.1 Å². The van der Waals surface area contributed by atoms with Crippen LogP contribution in [-0.4, -0.2) is 60.9 Å². The molecule has 17 heavy (non-hydrogen) atoms. The first kappa shape index (κ1) is 14.0. The summed E-state index contributed by atoms with van der Waals surface area (Å²) in [5.74, 6) is -0.395. The highest BCUT2D eigenvalue weighted by Crippen LogP contribution is 2.06. The minimum atomic E-state index is -0.389. The van der Waals surface area contributed by atoms with E-state index in [-0.39, 0.29) is 11.8 Å². The van der Waals surface area contributed by atoms with E-state index in [4.69, 9.17) is 0 Å². The van der Waals surface area contributed by atoms with Crippen LogP contribution in [0.2, 0.25) is 0 Å². The second kappa shape index (κ2) is 6.00. The van der Waals surface area contributed by atoms with Crippen LogP contribution < -0.4 is 5.32 Å². The fraction of sp³-hybridized carbons (Fsp3) is 0.833. The van der Waals surface area contributed by atoms with E-state index in [1.54, 1.807) is 11.9 Å². The third kappa shape index (κ3) is 4.00. The zero-order chi connectivity index (χ0) is 13.0. The molecule has 0 saturated carbocycles. The topological polar surface area (TPSA) is 52.6 Å². The third-order valence-corrected chi connectivity index (χ3v) is 2.93. The molecular formula is C12H23N3O2. The zero-order valence-electron chi connectivity index (χ0n) is 11.2. The molecule has 5 heteroatoms. The zero-order valence-corrected chi connectivity index (χ0v) is 11.2. The van der Waals surface area contributed by atoms with E-state index in [2.05, 4.69) is 26.1 Å². The lowest BCUT2D eigenvalue weighted by atomic mass is 10.1. The van der Waals surface area contributed by atoms with Gasteiger partial charge in [-0.05, 0) is 12.5 Å². The number of carbonyl (C=O) groups is 2. The molecule has 0 radical (unpaired) electrons. The Morgan fingerprint density at radius 1 is 1.18 bits per heavy atom. The predicted molar refractivity (Wildman–Crippen MR) is 66.5 cm³/mol. The van der Waals surface area contributed by atoms with Gasteiger partial charge in [-0.2, -0.15) is 0 Å². The number of hydrogen-bond donors (Lipinski definition) is 1. The lowest BCUT2D eigenvalue weighted by Gasteiger charge is -2.33. The maximum atomic E-state index is 11.7. The summed E-state index contributed by atoms with van der Waals surface area (Å²) in [7, 11) is 1.67. The molecule has 1 heterocycles. The van der Waals surface area contributed by atoms with Gasteiger partial charge in [0.05, 0.1) is 0 Å². The average molecular weight is 241 g/mol. The number of carbonyl (C=O) groups excluding carboxylic acids is 2. The van der Waals surface area contributed by atoms with E-state index in [0.29, 0.717) is 31.6 Å². The molecule has 5 nitrogen and oxygen atoms in total. The highest BCUT2D eigenvalue weighted by atomic mass is 16.2. The summed E-state index contributed by atoms with van der Waals surface area (Å²) in [6.07, 6.45) is 0. The number of amides is 2. The van der Waals surface area contributed by atoms with Crippen LogP contribution in [0.15, 0.2) is 0 Å². The quantitative estimate of drug-likeness (QED) is 0.685. The highest BCUT2D eigenvalue weighted by Gasteiger charge is 2.30. The molecule has 1 N–H and O–H groups in total. The Morgan fingerprint density at radius 2 is 1.82 bits per heavy atom. The largest absolute Gasteiger partial charge is 0.336 e. The van der Waals surface area contributed by atoms with Crippen molar-refractivity contribution in [3.8, 4) is 0 Å². The van der Waals surface area contributed by atoms with Gasteiger partial charge in [0.25, 0.3) is 0 Å². The van der Waals surface area contributed by atoms with Gasteiger partial charge < -0.3 is 15.1 Å². The Hall–Kier alpha value is -1.10. The summed E-state index contributed by atoms with van der Waals surface area (Å²) in [6.45, 7) is 9.07. The van der Waals surface area contributed by atoms with Gasteiger partial charge in [-0.3, -0.25) is 9.59 Å². The van der Waals surface area contributed by atoms with Crippen molar-refractivity contribution in [2.75, 3.05) is 33.2 Å². The molecule has 0 aromatic heterocycles. The summed E-state index contributed by atoms with van der Waals surface area (Å²) in [5, 5.41) is 3.34. The van der Waals surface area contributed by atoms with E-state index in [1.807, 2.05) is 0 Å². The summed E-state index contributed by atoms with van der Waals surface area (Å²) in [4.78, 5) is 26.4. The number of piperazine rings is 1. The minimum absolute atomic E-state index is 0.359. The van der Waals surface area contributed by atoms with Crippen LogP contribution in [0.5, 0.6) is 0 Å². The minimum Gasteiger partial charge on any atom is -0.336 e. The second-order valence-corrected chi connectivity index (χ2v) is 5.15. The lowest BCUT2D eigenvalue weighted by Crippen LogP contribution is -2.54. The van der Waals surface area contributed by atoms with Crippen LogP contribution >= 0.6 is 0 Å². The number of nitrogens with zero attached hydrogens (tertiary/aromatic N) is 2. The first-order chi connectivity index (χ1) is 7.91. The van der Waals surface area contributed by atoms with Gasteiger partial charge in [-0.15, -0.1) is 0 Å². The molecule has 1 aliphatic heterocycles. The summed E-state index contributed by atoms with van der Waals surface area (Å²) in [5.41, 5.74) is 0. The predicted octanol–water partition coefficient (Wildman–Crippen LogP) is -0.0789. The molecule has 0 aromatic carbocycles. The Balaban J connectivity index is 2.41. The molecule has 1 saturated heterocycles. The molecule has 1 aliphatic rings. The van der Waals surface area contributed by atoms with Gasteiger partial charge in [-0.1, -0.05) is 20.8 Å². The Labute approximate surface area is 103 Å². The summed E-state index contributed by atoms with van der Waals surface area (Å²) < 4.78 is 0. The molecule has 98 valence electrons. The number of likely N-dealkylation sites (N-methyl/N-ethyl adjacent to an activating group) is 1. The fourth-order valence-electron chi connectivity index (χ4n) is 1.82. The molecule has 0 bridgehead atoms. The van der Waals surface area contributed by atoms with E-state index < -0.39 is 0 Å². The highest BCUT2D eigenvalue weighted by molar-refractivity contribution is 6.35. The maximum Gasteiger partial charge on any atom is 0.312 e. The van der Waals surface area contributed by atoms with E-state index in [0.717, 1.165) is 6.54 Å². The first-order valence-corrected chi connectivity index (χ1v) is 6.19. The Kier molecular flexibility index (Phi) is 4.93. The van der Waals surface area contributed by atoms with Crippen molar-refractivity contribution >= 4 is 11.8 Å². The normalized spacial score (nSPS) is 19.1. The van der Waals surface area contributed by atoms with Gasteiger partial charge in [-0.25, -0.2) is 0 Å². The number of rotatable bonds is 5. The van der Waals surface area contributed by atoms with Crippen molar-refractivity contribution in [1.29, 1.82) is 0 Å². The summed E-state index contributed by atoms with van der Waals surface area (Å²) >= 11 is 0. The van der Waals surface area contributed by atoms with Crippen LogP contribution in [0, 0.1) is 5.92 Å². The van der Waals surface area contributed by atoms with Crippen LogP contribution in [-0.2, 0) is 9.59 Å². The van der Waals surface area contributed by atoms with Gasteiger partial charge in [0.2, 0.25) is 0 Å². The van der Waals surface area contributed by atoms with Crippen LogP contribution in [0.25, 0.3) is 0 Å². The summed E-state index contributed by atoms with van der Waals surface area (Å²) in [6, 6.07) is 0.447. The monoisotopic (exact) mass is 241 g/mol. The van der Waals surface area contributed by atoms with Crippen molar-refractivity contribution in [2.24, 2.45) is 5.92 Å². The van der Waals surface area contributed by atoms with Gasteiger partial charge in [0, 0.05) is 32.7 Å². The molecule has 0 aliphatic carbocycles. The Morgan fingerprint density at radius 3 is 2.41 bits per heavy atom. The van der Waals surface area contributed by atoms with Crippen molar-refractivity contribution in [3.63, 3.8) is 0 Å². The molecule has 0 spiro atoms. The van der Waals surface area contributed by atoms with Crippen LogP contribution in [0.4, 0.5) is 0 Å². The van der Waals surface area contributed by atoms with E-state index in [1.165, 1.54) is 4.90 Å². The van der Waals surface area contributed by atoms with Gasteiger partial charge in [0.15, 0.2) is 0 Å². The van der Waals surface area contributed by atoms with Crippen LogP contribution in [0.1, 0.15) is 20.8 Å². The molecular weight excluding hydrogens is 218 g/mol. The molecule has 1 unspecified atom stereocenters. The first-order valence-electron chi connectivity index (χ1n) is 6.19. The number of nitrogens with one attached hydrogen (secondary N) is 1. The van der Waals surface area contributed by atoms with Gasteiger partial charge in [0.1, 0.15) is 0 Å². The average Bonchev–Trinajstić information content (AvgIpc) is 2.27. The lowest BCUT2D eigenvalue weighted by molar-refractivity contribution is -0.155. The van der Waals surface area contributed by atoms with Crippen LogP contribution in [0.3, 0.4) is 0 Å². The molecule has 1 rings (SSSR count). The van der Waals surface area contributed by atoms with E-state index in [9.17, 15) is 9.59 Å². The third-order valence-electron chi connectivity index (χ3n) is 2.93. The SMILES string of the molecule is CC(CNC(C)C)CN1CCN(C)C(=O)C1=O. The van der Waals surface area contributed by atoms with Crippen molar-refractivity contribution in [3.05, 3.63) is 0 Å². The van der Waals surface area contributed by atoms with Crippen molar-refractivity contribution in [2.45, 2.75) is 26.8 Å². The number of hydrogen-bond acceptors (Lipinski definition) is 3. The molecule has 2 amide bonds. The maximum absolute atomic E-state index is 11.7. The van der Waals surface area contributed by atoms with E-state index >= 15 is 0 Å². The second-order valence-electron chi connectivity index (χ2n) is 5.15. The van der Waals surface area contributed by atoms with Gasteiger partial charge >= 0.3 is 11.8 Å².